The minimum Gasteiger partial charge on any atom is -0.396 e. The maximum absolute atomic E-state index is 12.1. The third kappa shape index (κ3) is 9.89. The summed E-state index contributed by atoms with van der Waals surface area (Å²) in [5.41, 5.74) is 5.65. The van der Waals surface area contributed by atoms with Crippen LogP contribution in [0.2, 0.25) is 0 Å². The van der Waals surface area contributed by atoms with Gasteiger partial charge in [0.2, 0.25) is 0 Å². The van der Waals surface area contributed by atoms with Gasteiger partial charge in [-0.1, -0.05) is 57.3 Å². The monoisotopic (exact) mass is 779 g/mol. The van der Waals surface area contributed by atoms with Crippen LogP contribution in [0.1, 0.15) is 38.8 Å². The fourth-order valence-corrected chi connectivity index (χ4v) is 8.47. The first-order valence-electron chi connectivity index (χ1n) is 16.1. The number of hydrogen-bond donors (Lipinski definition) is 3. The Morgan fingerprint density at radius 2 is 1.58 bits per heavy atom. The number of rotatable bonds is 7. The molecule has 52 heavy (non-hydrogen) atoms. The van der Waals surface area contributed by atoms with Gasteiger partial charge in [0.15, 0.2) is 9.84 Å². The second-order valence-electron chi connectivity index (χ2n) is 11.2. The van der Waals surface area contributed by atoms with Gasteiger partial charge in [0.1, 0.15) is 0 Å². The van der Waals surface area contributed by atoms with Gasteiger partial charge in [-0.25, -0.2) is 23.4 Å². The van der Waals surface area contributed by atoms with E-state index in [0.29, 0.717) is 18.2 Å². The van der Waals surface area contributed by atoms with Gasteiger partial charge in [0, 0.05) is 29.3 Å². The van der Waals surface area contributed by atoms with Gasteiger partial charge in [-0.3, -0.25) is 4.55 Å². The van der Waals surface area contributed by atoms with Gasteiger partial charge in [0.25, 0.3) is 10.1 Å². The topological polar surface area (TPSA) is 167 Å². The van der Waals surface area contributed by atoms with Crippen molar-refractivity contribution in [3.63, 3.8) is 0 Å². The molecule has 14 heteroatoms. The Bertz CT molecular complexity index is 2430. The van der Waals surface area contributed by atoms with Crippen LogP contribution in [0.5, 0.6) is 0 Å². The number of aliphatic hydroxyl groups excluding tert-OH is 2. The SMILES string of the molecule is C.CC.CS(=O)(=O)c1ccc(S(=O)(=O)O)cc1N=c1ccc2nc3cc(CCO)ccc3sc-2c1.OCCc1ccc2c(c1)N=C1C=CCC=C1S2. The lowest BCUT2D eigenvalue weighted by Crippen LogP contribution is -2.05. The number of fused-ring (bicyclic) bond motifs is 4. The zero-order valence-electron chi connectivity index (χ0n) is 28.1. The number of aromatic nitrogens is 1. The van der Waals surface area contributed by atoms with Gasteiger partial charge < -0.3 is 10.2 Å². The van der Waals surface area contributed by atoms with Crippen molar-refractivity contribution >= 4 is 70.4 Å². The molecule has 2 aliphatic heterocycles. The van der Waals surface area contributed by atoms with Gasteiger partial charge in [-0.2, -0.15) is 8.42 Å². The van der Waals surface area contributed by atoms with Gasteiger partial charge in [-0.05, 0) is 97.1 Å². The van der Waals surface area contributed by atoms with Crippen LogP contribution in [0.4, 0.5) is 11.4 Å². The third-order valence-corrected chi connectivity index (χ3v) is 11.8. The van der Waals surface area contributed by atoms with Crippen molar-refractivity contribution in [3.05, 3.63) is 112 Å². The van der Waals surface area contributed by atoms with Crippen molar-refractivity contribution in [2.75, 3.05) is 19.5 Å². The lowest BCUT2D eigenvalue weighted by molar-refractivity contribution is 0.299. The summed E-state index contributed by atoms with van der Waals surface area (Å²) in [6, 6.07) is 20.3. The number of nitrogens with zero attached hydrogens (tertiary/aromatic N) is 3. The molecule has 3 aromatic rings. The van der Waals surface area contributed by atoms with E-state index >= 15 is 0 Å². The van der Waals surface area contributed by atoms with Gasteiger partial charge >= 0.3 is 0 Å². The van der Waals surface area contributed by atoms with Crippen molar-refractivity contribution in [1.29, 1.82) is 0 Å². The average Bonchev–Trinajstić information content (AvgIpc) is 3.10. The number of aliphatic hydroxyl groups is 2. The highest BCUT2D eigenvalue weighted by Crippen LogP contribution is 2.42. The quantitative estimate of drug-likeness (QED) is 0.111. The normalized spacial score (nSPS) is 13.8. The summed E-state index contributed by atoms with van der Waals surface area (Å²) in [5.74, 6) is 0. The molecule has 0 atom stereocenters. The molecule has 7 rings (SSSR count). The summed E-state index contributed by atoms with van der Waals surface area (Å²) in [6.45, 7) is 4.25. The molecule has 3 aromatic carbocycles. The van der Waals surface area contributed by atoms with Crippen molar-refractivity contribution < 1.29 is 31.6 Å². The van der Waals surface area contributed by atoms with E-state index in [2.05, 4.69) is 51.4 Å². The number of hydrogen-bond acceptors (Lipinski definition) is 11. The first kappa shape index (κ1) is 40.7. The lowest BCUT2D eigenvalue weighted by Gasteiger charge is -2.18. The van der Waals surface area contributed by atoms with Crippen LogP contribution in [-0.4, -0.2) is 61.8 Å². The Morgan fingerprint density at radius 1 is 0.865 bits per heavy atom. The molecular formula is C38H41N3O7S4. The van der Waals surface area contributed by atoms with E-state index < -0.39 is 24.9 Å². The predicted octanol–water partition coefficient (Wildman–Crippen LogP) is 7.72. The van der Waals surface area contributed by atoms with Crippen LogP contribution in [0.3, 0.4) is 0 Å². The minimum absolute atomic E-state index is 0. The molecule has 0 aromatic heterocycles. The molecule has 2 heterocycles. The molecule has 4 aliphatic rings. The van der Waals surface area contributed by atoms with E-state index in [1.165, 1.54) is 21.1 Å². The van der Waals surface area contributed by atoms with Crippen molar-refractivity contribution in [2.24, 2.45) is 9.98 Å². The molecule has 0 spiro atoms. The average molecular weight is 780 g/mol. The minimum atomic E-state index is -4.53. The van der Waals surface area contributed by atoms with Crippen molar-refractivity contribution in [2.45, 2.75) is 55.2 Å². The zero-order valence-corrected chi connectivity index (χ0v) is 31.4. The summed E-state index contributed by atoms with van der Waals surface area (Å²) < 4.78 is 57.6. The fraction of sp³-hybridized carbons (Fsp3) is 0.237. The lowest BCUT2D eigenvalue weighted by atomic mass is 10.1. The summed E-state index contributed by atoms with van der Waals surface area (Å²) in [5, 5.41) is 18.5. The van der Waals surface area contributed by atoms with E-state index in [1.807, 2.05) is 32.0 Å². The number of aliphatic imine (C=N–C) groups is 1. The van der Waals surface area contributed by atoms with Gasteiger partial charge in [-0.15, -0.1) is 11.3 Å². The first-order valence-corrected chi connectivity index (χ1v) is 21.1. The predicted molar refractivity (Wildman–Crippen MR) is 212 cm³/mol. The fourth-order valence-electron chi connectivity index (χ4n) is 5.21. The molecule has 0 unspecified atom stereocenters. The molecule has 0 amide bonds. The van der Waals surface area contributed by atoms with Crippen LogP contribution in [0.15, 0.2) is 121 Å². The molecule has 2 aliphatic carbocycles. The van der Waals surface area contributed by atoms with E-state index in [1.54, 1.807) is 30.0 Å². The van der Waals surface area contributed by atoms with Gasteiger partial charge in [0.05, 0.1) is 53.0 Å². The molecule has 0 radical (unpaired) electrons. The van der Waals surface area contributed by atoms with Crippen LogP contribution in [0, 0.1) is 0 Å². The second kappa shape index (κ2) is 17.7. The van der Waals surface area contributed by atoms with E-state index in [-0.39, 0.29) is 31.2 Å². The smallest absolute Gasteiger partial charge is 0.294 e. The van der Waals surface area contributed by atoms with Crippen LogP contribution >= 0.6 is 23.1 Å². The Labute approximate surface area is 313 Å². The highest BCUT2D eigenvalue weighted by molar-refractivity contribution is 8.04. The zero-order chi connectivity index (χ0) is 36.8. The number of allylic oxidation sites excluding steroid dienone is 4. The number of thioether (sulfide) groups is 1. The second-order valence-corrected chi connectivity index (χ2v) is 16.8. The molecule has 0 fully saturated rings. The van der Waals surface area contributed by atoms with Crippen molar-refractivity contribution in [3.8, 4) is 10.6 Å². The summed E-state index contributed by atoms with van der Waals surface area (Å²) >= 11 is 3.27. The summed E-state index contributed by atoms with van der Waals surface area (Å²) in [7, 11) is -8.22. The van der Waals surface area contributed by atoms with Crippen LogP contribution in [-0.2, 0) is 32.8 Å². The Kier molecular flexibility index (Phi) is 13.8. The van der Waals surface area contributed by atoms with Crippen LogP contribution in [0.25, 0.3) is 20.8 Å². The molecule has 0 bridgehead atoms. The van der Waals surface area contributed by atoms with E-state index in [4.69, 9.17) is 10.2 Å². The molecule has 3 N–H and O–H groups in total. The molecular weight excluding hydrogens is 739 g/mol. The Balaban J connectivity index is 0.000000254. The molecule has 0 saturated carbocycles. The highest BCUT2D eigenvalue weighted by Gasteiger charge is 2.19. The maximum Gasteiger partial charge on any atom is 0.294 e. The van der Waals surface area contributed by atoms with E-state index in [0.717, 1.165) is 74.2 Å². The maximum atomic E-state index is 12.1. The standard InChI is InChI=1S/C21H18N2O6S3.C14H13NOS.C2H6.CH4/c1-31(25,26)21-7-4-15(32(27,28)29)12-18(21)22-14-3-5-16-20(11-14)30-19-6-2-13(8-9-24)10-17(19)23-16;16-8-7-10-5-6-14-12(9-10)15-11-3-1-2-4-13(11)17-14;1-2;/h2-7,10-12,24H,8-9H2,1H3,(H,27,28,29);1,3-6,9,16H,2,7-8H2;1-2H3;1H4. The highest BCUT2D eigenvalue weighted by atomic mass is 32.2. The first-order chi connectivity index (χ1) is 24.4. The molecule has 0 saturated heterocycles. The molecule has 10 nitrogen and oxygen atoms in total. The van der Waals surface area contributed by atoms with Crippen molar-refractivity contribution in [1.82, 2.24) is 4.98 Å². The third-order valence-electron chi connectivity index (χ3n) is 7.56. The number of benzene rings is 4. The Hall–Kier alpha value is -4.02. The summed E-state index contributed by atoms with van der Waals surface area (Å²) in [4.78, 5) is 16.3. The largest absolute Gasteiger partial charge is 0.396 e. The Morgan fingerprint density at radius 3 is 2.27 bits per heavy atom. The molecule has 274 valence electrons. The van der Waals surface area contributed by atoms with E-state index in [9.17, 15) is 21.4 Å². The summed E-state index contributed by atoms with van der Waals surface area (Å²) in [6.07, 6.45) is 9.67. The number of sulfone groups is 1. The van der Waals surface area contributed by atoms with Crippen LogP contribution < -0.4 is 5.36 Å².